The zero-order chi connectivity index (χ0) is 30.2. The first-order chi connectivity index (χ1) is 19.2. The van der Waals surface area contributed by atoms with Gasteiger partial charge >= 0.3 is 11.8 Å². The number of allylic oxidation sites excluding steroid dienone is 3. The first kappa shape index (κ1) is 30.4. The first-order valence-electron chi connectivity index (χ1n) is 12.5. The van der Waals surface area contributed by atoms with Crippen molar-refractivity contribution in [1.82, 2.24) is 15.1 Å². The van der Waals surface area contributed by atoms with Crippen LogP contribution in [-0.2, 0) is 36.4 Å². The van der Waals surface area contributed by atoms with Crippen LogP contribution in [0.4, 0.5) is 4.39 Å². The Labute approximate surface area is 232 Å². The van der Waals surface area contributed by atoms with Gasteiger partial charge < -0.3 is 45.0 Å². The predicted molar refractivity (Wildman–Crippen MR) is 134 cm³/mol. The minimum Gasteiger partial charge on any atom is -0.443 e. The highest BCUT2D eigenvalue weighted by molar-refractivity contribution is 6.09. The summed E-state index contributed by atoms with van der Waals surface area (Å²) < 4.78 is 25.3. The Hall–Kier alpha value is -3.54. The van der Waals surface area contributed by atoms with Crippen LogP contribution in [0, 0.1) is 5.82 Å². The molecule has 3 saturated heterocycles. The molecule has 0 bridgehead atoms. The molecule has 222 valence electrons. The van der Waals surface area contributed by atoms with Crippen molar-refractivity contribution in [3.05, 3.63) is 70.8 Å². The van der Waals surface area contributed by atoms with E-state index in [9.17, 15) is 49.4 Å². The van der Waals surface area contributed by atoms with Crippen LogP contribution in [0.2, 0.25) is 0 Å². The van der Waals surface area contributed by atoms with E-state index >= 15 is 0 Å². The van der Waals surface area contributed by atoms with Crippen molar-refractivity contribution in [1.29, 1.82) is 0 Å². The Morgan fingerprint density at radius 2 is 1.85 bits per heavy atom. The number of amides is 3. The van der Waals surface area contributed by atoms with Gasteiger partial charge in [0, 0.05) is 30.8 Å². The summed E-state index contributed by atoms with van der Waals surface area (Å²) >= 11 is 0. The second-order valence-corrected chi connectivity index (χ2v) is 9.73. The van der Waals surface area contributed by atoms with E-state index < -0.39 is 59.2 Å². The van der Waals surface area contributed by atoms with Gasteiger partial charge in [0.05, 0.1) is 31.6 Å². The molecule has 0 radical (unpaired) electrons. The van der Waals surface area contributed by atoms with E-state index in [1.54, 1.807) is 12.2 Å². The molecule has 15 heteroatoms. The molecule has 0 spiro atoms. The number of nitrogens with zero attached hydrogens (tertiary/aromatic N) is 2. The number of hydrogen-bond donors (Lipinski definition) is 7. The molecule has 3 amide bonds. The van der Waals surface area contributed by atoms with E-state index in [-0.39, 0.29) is 11.1 Å². The van der Waals surface area contributed by atoms with Crippen LogP contribution in [0.5, 0.6) is 0 Å². The van der Waals surface area contributed by atoms with Gasteiger partial charge in [-0.25, -0.2) is 4.39 Å². The molecule has 1 atom stereocenters. The maximum Gasteiger partial charge on any atom is 0.353 e. The number of likely N-dealkylation sites (tertiary alicyclic amines) is 1. The summed E-state index contributed by atoms with van der Waals surface area (Å²) in [6.07, 6.45) is 4.88. The molecule has 41 heavy (non-hydrogen) atoms. The van der Waals surface area contributed by atoms with E-state index in [1.165, 1.54) is 24.3 Å². The van der Waals surface area contributed by atoms with Gasteiger partial charge in [0.25, 0.3) is 23.5 Å². The zero-order valence-corrected chi connectivity index (χ0v) is 21.9. The number of halogens is 1. The average Bonchev–Trinajstić information content (AvgIpc) is 3.20. The summed E-state index contributed by atoms with van der Waals surface area (Å²) in [7, 11) is 0. The molecular formula is C26H30FN3O11. The second-order valence-electron chi connectivity index (χ2n) is 9.73. The number of imide groups is 1. The van der Waals surface area contributed by atoms with Crippen LogP contribution in [0.15, 0.2) is 53.8 Å². The lowest BCUT2D eigenvalue weighted by molar-refractivity contribution is -0.355. The van der Waals surface area contributed by atoms with Gasteiger partial charge in [-0.1, -0.05) is 18.2 Å². The first-order valence-corrected chi connectivity index (χ1v) is 12.5. The van der Waals surface area contributed by atoms with Gasteiger partial charge in [-0.05, 0) is 30.7 Å². The summed E-state index contributed by atoms with van der Waals surface area (Å²) in [5.74, 6) is -16.2. The Morgan fingerprint density at radius 3 is 2.49 bits per heavy atom. The van der Waals surface area contributed by atoms with Crippen molar-refractivity contribution in [3.63, 3.8) is 0 Å². The van der Waals surface area contributed by atoms with Gasteiger partial charge in [-0.2, -0.15) is 0 Å². The number of ether oxygens (including phenoxy) is 2. The van der Waals surface area contributed by atoms with E-state index in [0.29, 0.717) is 49.6 Å². The van der Waals surface area contributed by atoms with Crippen molar-refractivity contribution >= 4 is 17.7 Å². The van der Waals surface area contributed by atoms with Crippen molar-refractivity contribution < 1.29 is 58.9 Å². The summed E-state index contributed by atoms with van der Waals surface area (Å²) in [6, 6.07) is 1.36. The van der Waals surface area contributed by atoms with E-state index in [2.05, 4.69) is 0 Å². The third kappa shape index (κ3) is 5.79. The third-order valence-corrected chi connectivity index (χ3v) is 6.90. The number of aliphatic hydroxyl groups is 6. The molecule has 0 aliphatic carbocycles. The van der Waals surface area contributed by atoms with E-state index in [0.717, 1.165) is 12.1 Å². The Bertz CT molecular complexity index is 1320. The van der Waals surface area contributed by atoms with Crippen molar-refractivity contribution in [2.75, 3.05) is 32.8 Å². The highest BCUT2D eigenvalue weighted by Crippen LogP contribution is 2.35. The number of benzene rings is 1. The van der Waals surface area contributed by atoms with Gasteiger partial charge in [0.2, 0.25) is 0 Å². The summed E-state index contributed by atoms with van der Waals surface area (Å²) in [5.41, 5.74) is -0.421. The minimum absolute atomic E-state index is 0.132. The summed E-state index contributed by atoms with van der Waals surface area (Å²) in [4.78, 5) is 40.0. The van der Waals surface area contributed by atoms with Gasteiger partial charge in [-0.15, -0.1) is 0 Å². The van der Waals surface area contributed by atoms with E-state index in [1.807, 2.05) is 4.90 Å². The van der Waals surface area contributed by atoms with Crippen molar-refractivity contribution in [3.8, 4) is 0 Å². The van der Waals surface area contributed by atoms with Crippen molar-refractivity contribution in [2.45, 2.75) is 37.1 Å². The summed E-state index contributed by atoms with van der Waals surface area (Å²) in [5, 5.41) is 63.2. The summed E-state index contributed by atoms with van der Waals surface area (Å²) in [6.45, 7) is 3.79. The predicted octanol–water partition coefficient (Wildman–Crippen LogP) is -2.62. The number of morpholine rings is 1. The van der Waals surface area contributed by atoms with Gasteiger partial charge in [-0.3, -0.25) is 24.6 Å². The Balaban J connectivity index is 1.59. The number of nitrogens with one attached hydrogen (secondary N) is 1. The zero-order valence-electron chi connectivity index (χ0n) is 21.9. The SMILES string of the molecule is C\C=C/C=C1/C(=O)N(C2C(=O)NC(=O)C(O)(O)C2(O)O)C/C1=C\OC(O)(O)c1ccc(CN2CCOCC2)cc1F. The van der Waals surface area contributed by atoms with Gasteiger partial charge in [0.1, 0.15) is 5.82 Å². The molecule has 3 fully saturated rings. The highest BCUT2D eigenvalue weighted by Gasteiger charge is 2.67. The number of carbonyl (C=O) groups is 3. The fourth-order valence-electron chi connectivity index (χ4n) is 4.63. The fourth-order valence-corrected chi connectivity index (χ4v) is 4.63. The molecule has 3 aliphatic rings. The third-order valence-electron chi connectivity index (χ3n) is 6.90. The van der Waals surface area contributed by atoms with Crippen LogP contribution >= 0.6 is 0 Å². The molecular weight excluding hydrogens is 549 g/mol. The molecule has 1 aromatic carbocycles. The fraction of sp³-hybridized carbons (Fsp3) is 0.423. The Morgan fingerprint density at radius 1 is 1.17 bits per heavy atom. The molecule has 7 N–H and O–H groups in total. The lowest BCUT2D eigenvalue weighted by Gasteiger charge is -2.44. The van der Waals surface area contributed by atoms with Crippen LogP contribution < -0.4 is 5.32 Å². The Kier molecular flexibility index (Phi) is 8.45. The monoisotopic (exact) mass is 579 g/mol. The lowest BCUT2D eigenvalue weighted by Crippen LogP contribution is -2.79. The smallest absolute Gasteiger partial charge is 0.353 e. The molecule has 3 heterocycles. The normalized spacial score (nSPS) is 25.4. The average molecular weight is 580 g/mol. The lowest BCUT2D eigenvalue weighted by atomic mass is 9.90. The molecule has 1 unspecified atom stereocenters. The second kappa shape index (κ2) is 11.4. The highest BCUT2D eigenvalue weighted by atomic mass is 19.1. The van der Waals surface area contributed by atoms with Gasteiger partial charge in [0.15, 0.2) is 6.04 Å². The number of carbonyl (C=O) groups excluding carboxylic acids is 3. The standard InChI is InChI=1S/C26H30FN3O11/c1-2-3-4-17-16(13-30(22(17)32)20-21(31)28-23(33)25(36,37)24(20,34)35)14-41-26(38,39)18-6-5-15(11-19(18)27)12-29-7-9-40-10-8-29/h2-6,11,14,20,34-39H,7-10,12-13H2,1H3,(H,28,31,33)/b3-2-,16-14+,17-4+. The molecule has 0 aromatic heterocycles. The number of piperidine rings is 1. The molecule has 14 nitrogen and oxygen atoms in total. The van der Waals surface area contributed by atoms with E-state index in [4.69, 9.17) is 9.47 Å². The molecule has 3 aliphatic heterocycles. The minimum atomic E-state index is -3.86. The number of rotatable bonds is 7. The van der Waals surface area contributed by atoms with Crippen LogP contribution in [0.3, 0.4) is 0 Å². The van der Waals surface area contributed by atoms with Crippen LogP contribution in [0.1, 0.15) is 18.1 Å². The number of hydrogen-bond acceptors (Lipinski definition) is 12. The van der Waals surface area contributed by atoms with Crippen molar-refractivity contribution in [2.24, 2.45) is 0 Å². The molecule has 4 rings (SSSR count). The molecule has 1 aromatic rings. The maximum atomic E-state index is 14.9. The quantitative estimate of drug-likeness (QED) is 0.0767. The van der Waals surface area contributed by atoms with Crippen LogP contribution in [-0.4, -0.2) is 109 Å². The maximum absolute atomic E-state index is 14.9. The molecule has 0 saturated carbocycles. The topological polar surface area (TPSA) is 210 Å². The largest absolute Gasteiger partial charge is 0.443 e. The van der Waals surface area contributed by atoms with Crippen LogP contribution in [0.25, 0.3) is 0 Å².